The molecule has 36 heavy (non-hydrogen) atoms. The minimum atomic E-state index is -0.850. The van der Waals surface area contributed by atoms with Crippen LogP contribution in [0.4, 0.5) is 10.5 Å². The quantitative estimate of drug-likeness (QED) is 0.305. The number of rotatable bonds is 10. The van der Waals surface area contributed by atoms with Crippen LogP contribution in [0.1, 0.15) is 34.8 Å². The lowest BCUT2D eigenvalue weighted by Crippen LogP contribution is -2.42. The van der Waals surface area contributed by atoms with Gasteiger partial charge >= 0.3 is 17.7 Å². The monoisotopic (exact) mass is 512 g/mol. The van der Waals surface area contributed by atoms with Gasteiger partial charge in [0.1, 0.15) is 18.2 Å². The number of esters is 1. The Morgan fingerprint density at radius 1 is 1.08 bits per heavy atom. The lowest BCUT2D eigenvalue weighted by Gasteiger charge is -2.18. The van der Waals surface area contributed by atoms with Crippen LogP contribution in [-0.4, -0.2) is 42.6 Å². The Morgan fingerprint density at radius 2 is 1.89 bits per heavy atom. The van der Waals surface area contributed by atoms with Crippen molar-refractivity contribution in [3.05, 3.63) is 75.6 Å². The number of carbonyl (C=O) groups is 3. The SMILES string of the molecule is CCOC(=O)Nc1ccc2c(COC(=O)[C@@H](CCSC)NC(=O)c3cccc(C)c3)cc(=O)oc2c1. The number of carbonyl (C=O) groups excluding carboxylic acids is 3. The molecule has 10 heteroatoms. The Kier molecular flexibility index (Phi) is 9.52. The number of nitrogens with one attached hydrogen (secondary N) is 2. The zero-order valence-corrected chi connectivity index (χ0v) is 21.1. The summed E-state index contributed by atoms with van der Waals surface area (Å²) in [7, 11) is 0. The van der Waals surface area contributed by atoms with E-state index in [0.29, 0.717) is 34.4 Å². The van der Waals surface area contributed by atoms with Gasteiger partial charge in [0.05, 0.1) is 6.61 Å². The van der Waals surface area contributed by atoms with Crippen molar-refractivity contribution in [2.75, 3.05) is 23.9 Å². The Hall–Kier alpha value is -3.79. The summed E-state index contributed by atoms with van der Waals surface area (Å²) in [4.78, 5) is 49.4. The van der Waals surface area contributed by atoms with Gasteiger partial charge < -0.3 is 19.2 Å². The first kappa shape index (κ1) is 26.8. The highest BCUT2D eigenvalue weighted by atomic mass is 32.2. The van der Waals surface area contributed by atoms with Crippen LogP contribution >= 0.6 is 11.8 Å². The van der Waals surface area contributed by atoms with Gasteiger partial charge in [0, 0.05) is 34.3 Å². The highest BCUT2D eigenvalue weighted by Crippen LogP contribution is 2.22. The molecule has 0 aliphatic heterocycles. The van der Waals surface area contributed by atoms with Crippen molar-refractivity contribution in [2.45, 2.75) is 32.9 Å². The second-order valence-electron chi connectivity index (χ2n) is 7.93. The molecule has 0 spiro atoms. The summed E-state index contributed by atoms with van der Waals surface area (Å²) < 4.78 is 15.6. The number of anilines is 1. The van der Waals surface area contributed by atoms with Crippen molar-refractivity contribution in [1.82, 2.24) is 5.32 Å². The number of fused-ring (bicyclic) bond motifs is 1. The smallest absolute Gasteiger partial charge is 0.411 e. The maximum atomic E-state index is 12.9. The maximum Gasteiger partial charge on any atom is 0.411 e. The summed E-state index contributed by atoms with van der Waals surface area (Å²) in [5, 5.41) is 5.84. The topological polar surface area (TPSA) is 124 Å². The average molecular weight is 513 g/mol. The van der Waals surface area contributed by atoms with Crippen molar-refractivity contribution >= 4 is 46.4 Å². The second kappa shape index (κ2) is 12.8. The predicted molar refractivity (Wildman–Crippen MR) is 138 cm³/mol. The molecule has 2 amide bonds. The van der Waals surface area contributed by atoms with E-state index in [4.69, 9.17) is 13.9 Å². The Labute approximate surface area is 212 Å². The van der Waals surface area contributed by atoms with E-state index in [0.717, 1.165) is 5.56 Å². The van der Waals surface area contributed by atoms with Crippen LogP contribution in [0.2, 0.25) is 0 Å². The number of hydrogen-bond donors (Lipinski definition) is 2. The summed E-state index contributed by atoms with van der Waals surface area (Å²) in [6, 6.07) is 12.2. The number of hydrogen-bond acceptors (Lipinski definition) is 8. The number of benzene rings is 2. The Bertz CT molecular complexity index is 1300. The number of thioether (sulfide) groups is 1. The number of ether oxygens (including phenoxy) is 2. The fourth-order valence-electron chi connectivity index (χ4n) is 3.47. The van der Waals surface area contributed by atoms with E-state index in [2.05, 4.69) is 10.6 Å². The van der Waals surface area contributed by atoms with Gasteiger partial charge in [-0.3, -0.25) is 10.1 Å². The Balaban J connectivity index is 1.74. The maximum absolute atomic E-state index is 12.9. The molecule has 0 aliphatic carbocycles. The molecule has 190 valence electrons. The molecule has 1 aromatic heterocycles. The molecule has 2 N–H and O–H groups in total. The predicted octanol–water partition coefficient (Wildman–Crippen LogP) is 4.26. The number of aryl methyl sites for hydroxylation is 1. The van der Waals surface area contributed by atoms with E-state index in [1.54, 1.807) is 49.0 Å². The highest BCUT2D eigenvalue weighted by molar-refractivity contribution is 7.98. The molecule has 3 aromatic rings. The minimum absolute atomic E-state index is 0.193. The van der Waals surface area contributed by atoms with Gasteiger partial charge in [-0.15, -0.1) is 0 Å². The van der Waals surface area contributed by atoms with Crippen molar-refractivity contribution < 1.29 is 28.3 Å². The Morgan fingerprint density at radius 3 is 2.61 bits per heavy atom. The molecule has 0 unspecified atom stereocenters. The molecule has 2 aromatic carbocycles. The van der Waals surface area contributed by atoms with E-state index < -0.39 is 23.7 Å². The molecule has 9 nitrogen and oxygen atoms in total. The van der Waals surface area contributed by atoms with Crippen LogP contribution in [0.5, 0.6) is 0 Å². The lowest BCUT2D eigenvalue weighted by atomic mass is 10.1. The van der Waals surface area contributed by atoms with E-state index in [1.165, 1.54) is 12.1 Å². The van der Waals surface area contributed by atoms with E-state index >= 15 is 0 Å². The van der Waals surface area contributed by atoms with Crippen molar-refractivity contribution in [3.8, 4) is 0 Å². The van der Waals surface area contributed by atoms with Crippen molar-refractivity contribution in [2.24, 2.45) is 0 Å². The summed E-state index contributed by atoms with van der Waals surface area (Å²) in [5.74, 6) is -0.330. The van der Waals surface area contributed by atoms with Gasteiger partial charge in [0.2, 0.25) is 0 Å². The molecule has 0 fully saturated rings. The molecular weight excluding hydrogens is 484 g/mol. The van der Waals surface area contributed by atoms with Crippen LogP contribution < -0.4 is 16.3 Å². The van der Waals surface area contributed by atoms with Gasteiger partial charge in [0.25, 0.3) is 5.91 Å². The third-order valence-corrected chi connectivity index (χ3v) is 5.85. The van der Waals surface area contributed by atoms with E-state index in [1.807, 2.05) is 19.2 Å². The first-order valence-electron chi connectivity index (χ1n) is 11.3. The van der Waals surface area contributed by atoms with E-state index in [9.17, 15) is 19.2 Å². The second-order valence-corrected chi connectivity index (χ2v) is 8.92. The molecule has 1 heterocycles. The van der Waals surface area contributed by atoms with Gasteiger partial charge in [-0.1, -0.05) is 17.7 Å². The van der Waals surface area contributed by atoms with Crippen molar-refractivity contribution in [3.63, 3.8) is 0 Å². The lowest BCUT2D eigenvalue weighted by molar-refractivity contribution is -0.147. The molecule has 0 aliphatic rings. The van der Waals surface area contributed by atoms with Gasteiger partial charge in [-0.2, -0.15) is 11.8 Å². The zero-order chi connectivity index (χ0) is 26.1. The van der Waals surface area contributed by atoms with Crippen LogP contribution in [0.15, 0.2) is 57.7 Å². The standard InChI is InChI=1S/C26H28N2O7S/c1-4-33-26(32)27-19-8-9-20-18(13-23(29)35-22(20)14-19)15-34-25(31)21(10-11-36-3)28-24(30)17-7-5-6-16(2)12-17/h5-9,12-14,21H,4,10-11,15H2,1-3H3,(H,27,32)(H,28,30)/t21-/m1/s1. The molecule has 0 saturated carbocycles. The van der Waals surface area contributed by atoms with Crippen molar-refractivity contribution in [1.29, 1.82) is 0 Å². The van der Waals surface area contributed by atoms with Gasteiger partial charge in [-0.25, -0.2) is 14.4 Å². The summed E-state index contributed by atoms with van der Waals surface area (Å²) >= 11 is 1.55. The van der Waals surface area contributed by atoms with Gasteiger partial charge in [-0.05, 0) is 56.5 Å². The highest BCUT2D eigenvalue weighted by Gasteiger charge is 2.23. The summed E-state index contributed by atoms with van der Waals surface area (Å²) in [6.45, 7) is 3.59. The fourth-order valence-corrected chi connectivity index (χ4v) is 3.95. The van der Waals surface area contributed by atoms with E-state index in [-0.39, 0.29) is 24.7 Å². The largest absolute Gasteiger partial charge is 0.459 e. The fraction of sp³-hybridized carbons (Fsp3) is 0.308. The zero-order valence-electron chi connectivity index (χ0n) is 20.3. The molecule has 1 atom stereocenters. The van der Waals surface area contributed by atoms with Gasteiger partial charge in [0.15, 0.2) is 0 Å². The van der Waals surface area contributed by atoms with Crippen LogP contribution in [0.25, 0.3) is 11.0 Å². The third-order valence-electron chi connectivity index (χ3n) is 5.20. The summed E-state index contributed by atoms with van der Waals surface area (Å²) in [6.07, 6.45) is 1.66. The average Bonchev–Trinajstić information content (AvgIpc) is 2.84. The molecule has 0 radical (unpaired) electrons. The van der Waals surface area contributed by atoms with Crippen LogP contribution in [0, 0.1) is 6.92 Å². The van der Waals surface area contributed by atoms with Crippen LogP contribution in [0.3, 0.4) is 0 Å². The normalized spacial score (nSPS) is 11.5. The molecule has 0 saturated heterocycles. The molecule has 0 bridgehead atoms. The summed E-state index contributed by atoms with van der Waals surface area (Å²) in [5.41, 5.74) is 1.79. The first-order chi connectivity index (χ1) is 17.3. The minimum Gasteiger partial charge on any atom is -0.459 e. The third kappa shape index (κ3) is 7.35. The molecule has 3 rings (SSSR count). The first-order valence-corrected chi connectivity index (χ1v) is 12.7. The molecular formula is C26H28N2O7S. The van der Waals surface area contributed by atoms with Crippen LogP contribution in [-0.2, 0) is 20.9 Å². The number of amides is 2.